The molecule has 0 saturated carbocycles. The molecule has 4 rings (SSSR count). The number of carbonyl (C=O) groups excluding carboxylic acids is 1. The van der Waals surface area contributed by atoms with Crippen molar-refractivity contribution >= 4 is 15.9 Å². The molecule has 5 N–H and O–H groups in total. The predicted octanol–water partition coefficient (Wildman–Crippen LogP) is 1.70. The molecule has 3 aromatic carbocycles. The Morgan fingerprint density at radius 1 is 0.926 bits per heavy atom. The largest absolute Gasteiger partial charge is 0.376 e. The number of benzene rings is 3. The van der Waals surface area contributed by atoms with Crippen LogP contribution in [-0.2, 0) is 15.6 Å². The lowest BCUT2D eigenvalue weighted by molar-refractivity contribution is 0.1000. The summed E-state index contributed by atoms with van der Waals surface area (Å²) < 4.78 is 24.0. The normalized spacial score (nSPS) is 18.0. The van der Waals surface area contributed by atoms with Gasteiger partial charge in [-0.15, -0.1) is 0 Å². The zero-order valence-corrected chi connectivity index (χ0v) is 14.9. The van der Waals surface area contributed by atoms with E-state index in [0.29, 0.717) is 16.7 Å². The maximum Gasteiger partial charge on any atom is 0.248 e. The third-order valence-electron chi connectivity index (χ3n) is 4.78. The van der Waals surface area contributed by atoms with Crippen LogP contribution < -0.4 is 10.9 Å². The van der Waals surface area contributed by atoms with Gasteiger partial charge in [-0.2, -0.15) is 0 Å². The first kappa shape index (κ1) is 17.4. The minimum absolute atomic E-state index is 0.135. The summed E-state index contributed by atoms with van der Waals surface area (Å²) >= 11 is 0. The second kappa shape index (κ2) is 5.75. The van der Waals surface area contributed by atoms with E-state index >= 15 is 0 Å². The van der Waals surface area contributed by atoms with Crippen LogP contribution in [0.4, 0.5) is 0 Å². The highest BCUT2D eigenvalue weighted by atomic mass is 32.2. The van der Waals surface area contributed by atoms with Crippen LogP contribution in [-0.4, -0.2) is 19.4 Å². The molecule has 6 nitrogen and oxygen atoms in total. The number of aliphatic hydroxyl groups is 1. The van der Waals surface area contributed by atoms with E-state index in [4.69, 9.17) is 10.9 Å². The van der Waals surface area contributed by atoms with Crippen molar-refractivity contribution in [3.63, 3.8) is 0 Å². The fraction of sp³-hybridized carbons (Fsp3) is 0.0500. The molecule has 0 radical (unpaired) electrons. The fourth-order valence-electron chi connectivity index (χ4n) is 3.51. The zero-order chi connectivity index (χ0) is 19.4. The van der Waals surface area contributed by atoms with Gasteiger partial charge in [0.05, 0.1) is 4.90 Å². The monoisotopic (exact) mass is 380 g/mol. The van der Waals surface area contributed by atoms with Crippen LogP contribution in [0.2, 0.25) is 0 Å². The summed E-state index contributed by atoms with van der Waals surface area (Å²) in [6.45, 7) is 0. The van der Waals surface area contributed by atoms with Gasteiger partial charge in [-0.05, 0) is 34.9 Å². The van der Waals surface area contributed by atoms with Crippen LogP contribution in [0.3, 0.4) is 0 Å². The van der Waals surface area contributed by atoms with E-state index in [2.05, 4.69) is 0 Å². The van der Waals surface area contributed by atoms with Gasteiger partial charge in [0.25, 0.3) is 0 Å². The Bertz CT molecular complexity index is 1190. The highest BCUT2D eigenvalue weighted by Gasteiger charge is 2.56. The number of amides is 1. The van der Waals surface area contributed by atoms with E-state index in [9.17, 15) is 18.3 Å². The summed E-state index contributed by atoms with van der Waals surface area (Å²) in [5.74, 6) is -0.639. The number of hydrogen-bond donors (Lipinski definition) is 3. The molecule has 0 spiro atoms. The summed E-state index contributed by atoms with van der Waals surface area (Å²) in [5, 5.41) is 16.7. The van der Waals surface area contributed by atoms with Gasteiger partial charge >= 0.3 is 0 Å². The van der Waals surface area contributed by atoms with Crippen molar-refractivity contribution in [2.24, 2.45) is 10.9 Å². The molecular weight excluding hydrogens is 364 g/mol. The molecule has 3 aromatic rings. The molecule has 1 unspecified atom stereocenters. The maximum atomic E-state index is 12.0. The highest BCUT2D eigenvalue weighted by Crippen LogP contribution is 2.59. The quantitative estimate of drug-likeness (QED) is 0.637. The molecule has 0 aliphatic heterocycles. The van der Waals surface area contributed by atoms with Gasteiger partial charge in [-0.1, -0.05) is 48.5 Å². The number of sulfonamides is 1. The van der Waals surface area contributed by atoms with E-state index in [0.717, 1.165) is 5.56 Å². The van der Waals surface area contributed by atoms with Crippen LogP contribution in [0.1, 0.15) is 27.0 Å². The summed E-state index contributed by atoms with van der Waals surface area (Å²) in [7, 11) is -4.04. The molecule has 1 aliphatic rings. The average molecular weight is 380 g/mol. The van der Waals surface area contributed by atoms with Gasteiger partial charge in [0.15, 0.2) is 0 Å². The molecule has 1 amide bonds. The number of nitrogens with two attached hydrogens (primary N) is 2. The molecule has 1 atom stereocenters. The van der Waals surface area contributed by atoms with Gasteiger partial charge < -0.3 is 10.8 Å². The second-order valence-electron chi connectivity index (χ2n) is 6.43. The Kier molecular flexibility index (Phi) is 3.71. The van der Waals surface area contributed by atoms with E-state index in [1.54, 1.807) is 18.2 Å². The van der Waals surface area contributed by atoms with Crippen LogP contribution in [0.5, 0.6) is 0 Å². The van der Waals surface area contributed by atoms with Crippen molar-refractivity contribution in [1.29, 1.82) is 0 Å². The third-order valence-corrected chi connectivity index (χ3v) is 5.74. The SMILES string of the molecule is NC(=O)c1cccc(C2(O)c3c(-c4ccccc4)ccc(S(N)(=O)=O)c32)c1. The average Bonchev–Trinajstić information content (AvgIpc) is 3.28. The van der Waals surface area contributed by atoms with Crippen LogP contribution in [0.25, 0.3) is 11.1 Å². The smallest absolute Gasteiger partial charge is 0.248 e. The zero-order valence-electron chi connectivity index (χ0n) is 14.1. The van der Waals surface area contributed by atoms with E-state index < -0.39 is 21.5 Å². The maximum absolute atomic E-state index is 12.0. The van der Waals surface area contributed by atoms with Gasteiger partial charge in [0.2, 0.25) is 15.9 Å². The van der Waals surface area contributed by atoms with Crippen molar-refractivity contribution in [3.05, 3.63) is 89.0 Å². The summed E-state index contributed by atoms with van der Waals surface area (Å²) in [6, 6.07) is 18.5. The minimum atomic E-state index is -4.04. The first-order valence-electron chi connectivity index (χ1n) is 8.13. The number of carbonyl (C=O) groups is 1. The summed E-state index contributed by atoms with van der Waals surface area (Å²) in [6.07, 6.45) is 0. The molecular formula is C20H16N2O4S. The minimum Gasteiger partial charge on any atom is -0.376 e. The summed E-state index contributed by atoms with van der Waals surface area (Å²) in [5.41, 5.74) is 6.49. The molecule has 1 aliphatic carbocycles. The molecule has 0 heterocycles. The standard InChI is InChI=1S/C20H16N2O4S/c21-19(23)13-7-4-8-14(11-13)20(24)17-15(12-5-2-1-3-6-12)9-10-16(18(17)20)27(22,25)26/h1-11,24H,(H2,21,23)(H2,22,25,26). The lowest BCUT2D eigenvalue weighted by Crippen LogP contribution is -2.17. The lowest BCUT2D eigenvalue weighted by Gasteiger charge is -2.12. The number of primary sulfonamides is 1. The number of primary amides is 1. The van der Waals surface area contributed by atoms with Crippen molar-refractivity contribution in [3.8, 4) is 11.1 Å². The molecule has 0 saturated heterocycles. The Labute approximate surface area is 156 Å². The van der Waals surface area contributed by atoms with E-state index in [1.807, 2.05) is 30.3 Å². The lowest BCUT2D eigenvalue weighted by atomic mass is 9.98. The highest BCUT2D eigenvalue weighted by molar-refractivity contribution is 7.89. The first-order valence-corrected chi connectivity index (χ1v) is 9.68. The van der Waals surface area contributed by atoms with Crippen LogP contribution in [0, 0.1) is 0 Å². The Morgan fingerprint density at radius 2 is 1.63 bits per heavy atom. The second-order valence-corrected chi connectivity index (χ2v) is 7.96. The van der Waals surface area contributed by atoms with E-state index in [1.165, 1.54) is 18.2 Å². The summed E-state index contributed by atoms with van der Waals surface area (Å²) in [4.78, 5) is 11.4. The van der Waals surface area contributed by atoms with Crippen LogP contribution >= 0.6 is 0 Å². The van der Waals surface area contributed by atoms with Gasteiger partial charge in [-0.25, -0.2) is 13.6 Å². The Balaban J connectivity index is 1.97. The molecule has 0 fully saturated rings. The number of fused-ring (bicyclic) bond motifs is 1. The Hall–Kier alpha value is -3.00. The van der Waals surface area contributed by atoms with Crippen molar-refractivity contribution < 1.29 is 18.3 Å². The fourth-order valence-corrected chi connectivity index (χ4v) is 4.30. The van der Waals surface area contributed by atoms with Gasteiger partial charge in [0, 0.05) is 16.7 Å². The predicted molar refractivity (Wildman–Crippen MR) is 100 cm³/mol. The van der Waals surface area contributed by atoms with Crippen molar-refractivity contribution in [2.75, 3.05) is 0 Å². The van der Waals surface area contributed by atoms with Crippen molar-refractivity contribution in [1.82, 2.24) is 0 Å². The molecule has 7 heteroatoms. The molecule has 136 valence electrons. The van der Waals surface area contributed by atoms with Crippen LogP contribution in [0.15, 0.2) is 71.6 Å². The van der Waals surface area contributed by atoms with Crippen molar-refractivity contribution in [2.45, 2.75) is 10.5 Å². The van der Waals surface area contributed by atoms with E-state index in [-0.39, 0.29) is 16.0 Å². The number of rotatable bonds is 4. The first-order chi connectivity index (χ1) is 12.7. The van der Waals surface area contributed by atoms with Gasteiger partial charge in [0.1, 0.15) is 5.60 Å². The Morgan fingerprint density at radius 3 is 2.26 bits per heavy atom. The number of hydrogen-bond acceptors (Lipinski definition) is 4. The molecule has 27 heavy (non-hydrogen) atoms. The third kappa shape index (κ3) is 2.64. The van der Waals surface area contributed by atoms with Gasteiger partial charge in [-0.3, -0.25) is 4.79 Å². The topological polar surface area (TPSA) is 123 Å². The molecule has 0 bridgehead atoms. The molecule has 0 aromatic heterocycles.